The van der Waals surface area contributed by atoms with Crippen LogP contribution in [0.2, 0.25) is 0 Å². The zero-order valence-electron chi connectivity index (χ0n) is 10.1. The zero-order valence-corrected chi connectivity index (χ0v) is 10.1. The van der Waals surface area contributed by atoms with Gasteiger partial charge in [-0.15, -0.1) is 0 Å². The Morgan fingerprint density at radius 3 is 2.53 bits per heavy atom. The third kappa shape index (κ3) is 5.69. The van der Waals surface area contributed by atoms with Crippen molar-refractivity contribution in [1.29, 1.82) is 5.41 Å². The normalized spacial score (nSPS) is 11.6. The van der Waals surface area contributed by atoms with E-state index in [0.717, 1.165) is 6.07 Å². The maximum atomic E-state index is 13.5. The molecule has 1 rings (SSSR count). The Morgan fingerprint density at radius 2 is 2.00 bits per heavy atom. The summed E-state index contributed by atoms with van der Waals surface area (Å²) in [6.45, 7) is -0.199. The lowest BCUT2D eigenvalue weighted by molar-refractivity contribution is -0.138. The predicted octanol–water partition coefficient (Wildman–Crippen LogP) is 2.97. The van der Waals surface area contributed by atoms with E-state index in [4.69, 9.17) is 15.9 Å². The van der Waals surface area contributed by atoms with E-state index in [1.54, 1.807) is 0 Å². The van der Waals surface area contributed by atoms with Gasteiger partial charge in [0.15, 0.2) is 0 Å². The quantitative estimate of drug-likeness (QED) is 0.364. The number of alkyl halides is 3. The van der Waals surface area contributed by atoms with Crippen LogP contribution in [-0.2, 0) is 11.3 Å². The highest BCUT2D eigenvalue weighted by molar-refractivity contribution is 5.94. The molecule has 0 atom stereocenters. The van der Waals surface area contributed by atoms with Gasteiger partial charge in [0, 0.05) is 24.2 Å². The van der Waals surface area contributed by atoms with E-state index in [2.05, 4.69) is 0 Å². The second-order valence-electron chi connectivity index (χ2n) is 3.99. The van der Waals surface area contributed by atoms with Crippen molar-refractivity contribution in [3.63, 3.8) is 0 Å². The molecule has 0 saturated carbocycles. The first-order chi connectivity index (χ1) is 8.79. The average molecular weight is 278 g/mol. The molecule has 0 radical (unpaired) electrons. The molecule has 106 valence electrons. The summed E-state index contributed by atoms with van der Waals surface area (Å²) in [7, 11) is 0. The molecule has 0 saturated heterocycles. The van der Waals surface area contributed by atoms with Gasteiger partial charge in [0.2, 0.25) is 0 Å². The van der Waals surface area contributed by atoms with Crippen molar-refractivity contribution in [3.05, 3.63) is 35.1 Å². The fourth-order valence-electron chi connectivity index (χ4n) is 1.39. The van der Waals surface area contributed by atoms with Crippen LogP contribution >= 0.6 is 0 Å². The van der Waals surface area contributed by atoms with Crippen LogP contribution < -0.4 is 5.73 Å². The molecule has 0 aliphatic rings. The summed E-state index contributed by atoms with van der Waals surface area (Å²) in [6, 6.07) is 3.95. The first-order valence-electron chi connectivity index (χ1n) is 5.57. The molecule has 1 aromatic rings. The second kappa shape index (κ2) is 6.51. The molecule has 0 aliphatic heterocycles. The SMILES string of the molecule is N=C(N)c1ccc(COCCCC(F)(F)F)c(F)c1. The van der Waals surface area contributed by atoms with Crippen molar-refractivity contribution < 1.29 is 22.3 Å². The van der Waals surface area contributed by atoms with Crippen LogP contribution in [0.15, 0.2) is 18.2 Å². The van der Waals surface area contributed by atoms with Crippen LogP contribution in [0, 0.1) is 11.2 Å². The van der Waals surface area contributed by atoms with Gasteiger partial charge in [0.1, 0.15) is 11.7 Å². The average Bonchev–Trinajstić information content (AvgIpc) is 2.28. The Kier molecular flexibility index (Phi) is 5.29. The Hall–Kier alpha value is -1.63. The number of nitrogens with one attached hydrogen (secondary N) is 1. The van der Waals surface area contributed by atoms with Crippen molar-refractivity contribution >= 4 is 5.84 Å². The van der Waals surface area contributed by atoms with Gasteiger partial charge in [-0.1, -0.05) is 12.1 Å². The number of hydrogen-bond acceptors (Lipinski definition) is 2. The van der Waals surface area contributed by atoms with Gasteiger partial charge < -0.3 is 10.5 Å². The first-order valence-corrected chi connectivity index (χ1v) is 5.57. The molecule has 0 aliphatic carbocycles. The summed E-state index contributed by atoms with van der Waals surface area (Å²) < 4.78 is 54.0. The molecule has 19 heavy (non-hydrogen) atoms. The largest absolute Gasteiger partial charge is 0.389 e. The number of rotatable bonds is 6. The molecule has 0 amide bonds. The Bertz CT molecular complexity index is 446. The third-order valence-electron chi connectivity index (χ3n) is 2.37. The van der Waals surface area contributed by atoms with Gasteiger partial charge in [-0.2, -0.15) is 13.2 Å². The van der Waals surface area contributed by atoms with Crippen LogP contribution in [0.4, 0.5) is 17.6 Å². The van der Waals surface area contributed by atoms with Gasteiger partial charge in [0.05, 0.1) is 6.61 Å². The molecule has 1 aromatic carbocycles. The number of nitrogens with two attached hydrogens (primary N) is 1. The molecule has 0 fully saturated rings. The van der Waals surface area contributed by atoms with Crippen LogP contribution in [0.1, 0.15) is 24.0 Å². The highest BCUT2D eigenvalue weighted by Crippen LogP contribution is 2.21. The summed E-state index contributed by atoms with van der Waals surface area (Å²) in [4.78, 5) is 0. The molecule has 0 spiro atoms. The Balaban J connectivity index is 2.40. The van der Waals surface area contributed by atoms with E-state index in [9.17, 15) is 17.6 Å². The lowest BCUT2D eigenvalue weighted by atomic mass is 10.1. The van der Waals surface area contributed by atoms with Gasteiger partial charge in [0.25, 0.3) is 0 Å². The van der Waals surface area contributed by atoms with Crippen LogP contribution in [0.3, 0.4) is 0 Å². The topological polar surface area (TPSA) is 59.1 Å². The zero-order chi connectivity index (χ0) is 14.5. The molecule has 7 heteroatoms. The minimum absolute atomic E-state index is 0.0899. The summed E-state index contributed by atoms with van der Waals surface area (Å²) >= 11 is 0. The number of amidine groups is 1. The van der Waals surface area contributed by atoms with Crippen molar-refractivity contribution in [2.45, 2.75) is 25.6 Å². The molecule has 3 nitrogen and oxygen atoms in total. The third-order valence-corrected chi connectivity index (χ3v) is 2.37. The van der Waals surface area contributed by atoms with E-state index in [-0.39, 0.29) is 36.6 Å². The molecule has 0 aromatic heterocycles. The number of nitrogen functional groups attached to an aromatic ring is 1. The van der Waals surface area contributed by atoms with E-state index >= 15 is 0 Å². The molecule has 0 heterocycles. The molecule has 0 bridgehead atoms. The minimum atomic E-state index is -4.20. The minimum Gasteiger partial charge on any atom is -0.384 e. The van der Waals surface area contributed by atoms with Crippen molar-refractivity contribution in [2.24, 2.45) is 5.73 Å². The Morgan fingerprint density at radius 1 is 1.32 bits per heavy atom. The Labute approximate surface area is 107 Å². The van der Waals surface area contributed by atoms with E-state index < -0.39 is 18.4 Å². The van der Waals surface area contributed by atoms with Gasteiger partial charge in [-0.05, 0) is 12.5 Å². The second-order valence-corrected chi connectivity index (χ2v) is 3.99. The number of ether oxygens (including phenoxy) is 1. The van der Waals surface area contributed by atoms with Gasteiger partial charge in [-0.25, -0.2) is 4.39 Å². The number of benzene rings is 1. The van der Waals surface area contributed by atoms with E-state index in [1.807, 2.05) is 0 Å². The maximum Gasteiger partial charge on any atom is 0.389 e. The maximum absolute atomic E-state index is 13.5. The van der Waals surface area contributed by atoms with E-state index in [1.165, 1.54) is 12.1 Å². The summed E-state index contributed by atoms with van der Waals surface area (Å²) in [6.07, 6.45) is -5.27. The summed E-state index contributed by atoms with van der Waals surface area (Å²) in [5.74, 6) is -0.847. The summed E-state index contributed by atoms with van der Waals surface area (Å²) in [5.41, 5.74) is 5.66. The monoisotopic (exact) mass is 278 g/mol. The van der Waals surface area contributed by atoms with Gasteiger partial charge in [-0.3, -0.25) is 5.41 Å². The number of hydrogen-bond donors (Lipinski definition) is 2. The van der Waals surface area contributed by atoms with Crippen molar-refractivity contribution in [3.8, 4) is 0 Å². The standard InChI is InChI=1S/C12H14F4N2O/c13-10-6-8(11(17)18)2-3-9(10)7-19-5-1-4-12(14,15)16/h2-3,6H,1,4-5,7H2,(H3,17,18). The smallest absolute Gasteiger partial charge is 0.384 e. The van der Waals surface area contributed by atoms with Crippen molar-refractivity contribution in [1.82, 2.24) is 0 Å². The number of halogens is 4. The first kappa shape index (κ1) is 15.4. The highest BCUT2D eigenvalue weighted by Gasteiger charge is 2.25. The fourth-order valence-corrected chi connectivity index (χ4v) is 1.39. The summed E-state index contributed by atoms with van der Waals surface area (Å²) in [5, 5.41) is 7.13. The van der Waals surface area contributed by atoms with Crippen molar-refractivity contribution in [2.75, 3.05) is 6.61 Å². The van der Waals surface area contributed by atoms with Crippen LogP contribution in [0.5, 0.6) is 0 Å². The van der Waals surface area contributed by atoms with E-state index in [0.29, 0.717) is 0 Å². The highest BCUT2D eigenvalue weighted by atomic mass is 19.4. The van der Waals surface area contributed by atoms with Crippen LogP contribution in [0.25, 0.3) is 0 Å². The molecule has 3 N–H and O–H groups in total. The lowest BCUT2D eigenvalue weighted by Crippen LogP contribution is -2.12. The van der Waals surface area contributed by atoms with Gasteiger partial charge >= 0.3 is 6.18 Å². The molecular formula is C12H14F4N2O. The predicted molar refractivity (Wildman–Crippen MR) is 62.4 cm³/mol. The fraction of sp³-hybridized carbons (Fsp3) is 0.417. The molecule has 0 unspecified atom stereocenters. The van der Waals surface area contributed by atoms with Crippen LogP contribution in [-0.4, -0.2) is 18.6 Å². The molecular weight excluding hydrogens is 264 g/mol. The lowest BCUT2D eigenvalue weighted by Gasteiger charge is -2.08.